The fraction of sp³-hybridized carbons (Fsp3) is 0.652. The van der Waals surface area contributed by atoms with E-state index in [1.54, 1.807) is 0 Å². The molecule has 0 aromatic heterocycles. The summed E-state index contributed by atoms with van der Waals surface area (Å²) in [5.74, 6) is 0.905. The SMILES string of the molecule is N#CC(CCC(N)=O)C1CCC(CCN2CCN(c3cccc(Cl)c3)CC2)CC1. The average Bonchev–Trinajstić information content (AvgIpc) is 2.74. The minimum atomic E-state index is -0.297. The highest BCUT2D eigenvalue weighted by molar-refractivity contribution is 6.30. The molecular weight excluding hydrogens is 384 g/mol. The number of carbonyl (C=O) groups excluding carboxylic acids is 1. The van der Waals surface area contributed by atoms with Crippen LogP contribution in [0.1, 0.15) is 44.9 Å². The van der Waals surface area contributed by atoms with E-state index in [4.69, 9.17) is 17.3 Å². The molecule has 5 nitrogen and oxygen atoms in total. The molecule has 1 saturated carbocycles. The number of anilines is 1. The van der Waals surface area contributed by atoms with Crippen LogP contribution >= 0.6 is 11.6 Å². The second kappa shape index (κ2) is 10.8. The standard InChI is InChI=1S/C23H33ClN4O/c24-21-2-1-3-22(16-21)28-14-12-27(13-15-28)11-10-18-4-6-19(7-5-18)20(17-25)8-9-23(26)29/h1-3,16,18-20H,4-15H2,(H2,26,29). The Hall–Kier alpha value is -1.77. The van der Waals surface area contributed by atoms with Gasteiger partial charge in [0.15, 0.2) is 0 Å². The molecule has 0 bridgehead atoms. The minimum Gasteiger partial charge on any atom is -0.370 e. The van der Waals surface area contributed by atoms with Gasteiger partial charge in [-0.25, -0.2) is 0 Å². The first-order valence-electron chi connectivity index (χ1n) is 11.0. The predicted octanol–water partition coefficient (Wildman–Crippen LogP) is 4.06. The van der Waals surface area contributed by atoms with Gasteiger partial charge < -0.3 is 10.6 Å². The molecule has 1 unspecified atom stereocenters. The summed E-state index contributed by atoms with van der Waals surface area (Å²) in [4.78, 5) is 16.0. The molecule has 2 N–H and O–H groups in total. The summed E-state index contributed by atoms with van der Waals surface area (Å²) in [6.45, 7) is 5.48. The van der Waals surface area contributed by atoms with Crippen LogP contribution in [0.15, 0.2) is 24.3 Å². The summed E-state index contributed by atoms with van der Waals surface area (Å²) in [6.07, 6.45) is 6.86. The molecule has 1 heterocycles. The number of nitrogens with two attached hydrogens (primary N) is 1. The van der Waals surface area contributed by atoms with Crippen molar-refractivity contribution in [2.75, 3.05) is 37.6 Å². The first-order chi connectivity index (χ1) is 14.0. The Morgan fingerprint density at radius 3 is 2.55 bits per heavy atom. The van der Waals surface area contributed by atoms with Crippen LogP contribution in [0, 0.1) is 29.1 Å². The van der Waals surface area contributed by atoms with Crippen LogP contribution < -0.4 is 10.6 Å². The fourth-order valence-corrected chi connectivity index (χ4v) is 5.03. The van der Waals surface area contributed by atoms with Crippen LogP contribution in [-0.4, -0.2) is 43.5 Å². The third-order valence-corrected chi connectivity index (χ3v) is 6.96. The molecule has 1 saturated heterocycles. The Morgan fingerprint density at radius 1 is 1.21 bits per heavy atom. The molecule has 1 aliphatic heterocycles. The molecular formula is C23H33ClN4O. The monoisotopic (exact) mass is 416 g/mol. The molecule has 6 heteroatoms. The number of nitrogens with zero attached hydrogens (tertiary/aromatic N) is 3. The van der Waals surface area contributed by atoms with Gasteiger partial charge in [0.25, 0.3) is 0 Å². The van der Waals surface area contributed by atoms with E-state index in [0.717, 1.165) is 50.0 Å². The molecule has 1 aromatic rings. The number of halogens is 1. The van der Waals surface area contributed by atoms with Crippen LogP contribution in [0.25, 0.3) is 0 Å². The van der Waals surface area contributed by atoms with Gasteiger partial charge in [-0.15, -0.1) is 0 Å². The summed E-state index contributed by atoms with van der Waals surface area (Å²) >= 11 is 6.12. The number of hydrogen-bond acceptors (Lipinski definition) is 4. The van der Waals surface area contributed by atoms with Crippen molar-refractivity contribution in [2.45, 2.75) is 44.9 Å². The van der Waals surface area contributed by atoms with E-state index >= 15 is 0 Å². The number of hydrogen-bond donors (Lipinski definition) is 1. The Kier molecular flexibility index (Phi) is 8.20. The van der Waals surface area contributed by atoms with E-state index in [-0.39, 0.29) is 11.8 Å². The third-order valence-electron chi connectivity index (χ3n) is 6.73. The second-order valence-corrected chi connectivity index (χ2v) is 9.06. The zero-order valence-electron chi connectivity index (χ0n) is 17.2. The molecule has 0 spiro atoms. The molecule has 0 radical (unpaired) electrons. The topological polar surface area (TPSA) is 73.4 Å². The van der Waals surface area contributed by atoms with E-state index in [9.17, 15) is 10.1 Å². The van der Waals surface area contributed by atoms with Gasteiger partial charge in [-0.2, -0.15) is 5.26 Å². The lowest BCUT2D eigenvalue weighted by Crippen LogP contribution is -2.47. The van der Waals surface area contributed by atoms with Gasteiger partial charge in [-0.1, -0.05) is 30.5 Å². The Bertz CT molecular complexity index is 703. The van der Waals surface area contributed by atoms with E-state index in [1.807, 2.05) is 18.2 Å². The lowest BCUT2D eigenvalue weighted by Gasteiger charge is -2.37. The summed E-state index contributed by atoms with van der Waals surface area (Å²) in [5, 5.41) is 10.2. The number of benzene rings is 1. The lowest BCUT2D eigenvalue weighted by molar-refractivity contribution is -0.118. The van der Waals surface area contributed by atoms with Gasteiger partial charge in [0.2, 0.25) is 5.91 Å². The number of primary amides is 1. The van der Waals surface area contributed by atoms with E-state index in [0.29, 0.717) is 18.8 Å². The van der Waals surface area contributed by atoms with Crippen molar-refractivity contribution >= 4 is 23.2 Å². The molecule has 29 heavy (non-hydrogen) atoms. The maximum Gasteiger partial charge on any atom is 0.217 e. The number of rotatable bonds is 8. The smallest absolute Gasteiger partial charge is 0.217 e. The van der Waals surface area contributed by atoms with Crippen molar-refractivity contribution in [3.05, 3.63) is 29.3 Å². The highest BCUT2D eigenvalue weighted by atomic mass is 35.5. The summed E-state index contributed by atoms with van der Waals surface area (Å²) < 4.78 is 0. The van der Waals surface area contributed by atoms with Crippen molar-refractivity contribution in [3.63, 3.8) is 0 Å². The van der Waals surface area contributed by atoms with Crippen molar-refractivity contribution < 1.29 is 4.79 Å². The number of carbonyl (C=O) groups is 1. The van der Waals surface area contributed by atoms with Crippen LogP contribution in [0.4, 0.5) is 5.69 Å². The molecule has 1 atom stereocenters. The third kappa shape index (κ3) is 6.62. The molecule has 1 amide bonds. The van der Waals surface area contributed by atoms with Crippen molar-refractivity contribution in [3.8, 4) is 6.07 Å². The Morgan fingerprint density at radius 2 is 1.93 bits per heavy atom. The first kappa shape index (κ1) is 21.9. The van der Waals surface area contributed by atoms with Crippen LogP contribution in [0.2, 0.25) is 5.02 Å². The van der Waals surface area contributed by atoms with Gasteiger partial charge in [-0.05, 0) is 62.3 Å². The summed E-state index contributed by atoms with van der Waals surface area (Å²) in [6, 6.07) is 10.5. The average molecular weight is 417 g/mol. The summed E-state index contributed by atoms with van der Waals surface area (Å²) in [7, 11) is 0. The number of amides is 1. The van der Waals surface area contributed by atoms with Crippen molar-refractivity contribution in [2.24, 2.45) is 23.5 Å². The van der Waals surface area contributed by atoms with E-state index in [2.05, 4.69) is 21.9 Å². The van der Waals surface area contributed by atoms with Crippen LogP contribution in [-0.2, 0) is 4.79 Å². The van der Waals surface area contributed by atoms with Crippen molar-refractivity contribution in [1.82, 2.24) is 4.90 Å². The van der Waals surface area contributed by atoms with Crippen LogP contribution in [0.3, 0.4) is 0 Å². The Labute approximate surface area is 179 Å². The maximum atomic E-state index is 11.0. The zero-order valence-corrected chi connectivity index (χ0v) is 18.0. The molecule has 2 aliphatic rings. The number of nitriles is 1. The second-order valence-electron chi connectivity index (χ2n) is 8.62. The summed E-state index contributed by atoms with van der Waals surface area (Å²) in [5.41, 5.74) is 6.46. The highest BCUT2D eigenvalue weighted by Crippen LogP contribution is 2.36. The first-order valence-corrected chi connectivity index (χ1v) is 11.3. The van der Waals surface area contributed by atoms with Gasteiger partial charge in [-0.3, -0.25) is 9.69 Å². The van der Waals surface area contributed by atoms with Crippen LogP contribution in [0.5, 0.6) is 0 Å². The van der Waals surface area contributed by atoms with Gasteiger partial charge in [0, 0.05) is 49.2 Å². The quantitative estimate of drug-likeness (QED) is 0.693. The molecule has 1 aliphatic carbocycles. The highest BCUT2D eigenvalue weighted by Gasteiger charge is 2.28. The molecule has 158 valence electrons. The minimum absolute atomic E-state index is 0.0111. The Balaban J connectivity index is 1.35. The molecule has 3 rings (SSSR count). The normalized spacial score (nSPS) is 24.1. The van der Waals surface area contributed by atoms with Gasteiger partial charge >= 0.3 is 0 Å². The lowest BCUT2D eigenvalue weighted by atomic mass is 9.74. The van der Waals surface area contributed by atoms with Gasteiger partial charge in [0.05, 0.1) is 6.07 Å². The number of piperazine rings is 1. The fourth-order valence-electron chi connectivity index (χ4n) is 4.85. The van der Waals surface area contributed by atoms with Gasteiger partial charge in [0.1, 0.15) is 0 Å². The van der Waals surface area contributed by atoms with Crippen molar-refractivity contribution in [1.29, 1.82) is 5.26 Å². The largest absolute Gasteiger partial charge is 0.370 e. The molecule has 1 aromatic carbocycles. The molecule has 2 fully saturated rings. The zero-order chi connectivity index (χ0) is 20.6. The van der Waals surface area contributed by atoms with E-state index < -0.39 is 0 Å². The maximum absolute atomic E-state index is 11.0. The predicted molar refractivity (Wildman–Crippen MR) is 118 cm³/mol. The van der Waals surface area contributed by atoms with E-state index in [1.165, 1.54) is 31.5 Å².